The first-order valence-electron chi connectivity index (χ1n) is 7.50. The van der Waals surface area contributed by atoms with Crippen LogP contribution in [0, 0.1) is 0 Å². The van der Waals surface area contributed by atoms with Crippen molar-refractivity contribution >= 4 is 0 Å². The Hall–Kier alpha value is -0.120. The third-order valence-electron chi connectivity index (χ3n) is 3.81. The Labute approximate surface area is 113 Å². The lowest BCUT2D eigenvalue weighted by Gasteiger charge is -2.54. The molecule has 3 heteroatoms. The minimum absolute atomic E-state index is 0.0989. The molecule has 1 aliphatic heterocycles. The normalized spacial score (nSPS) is 24.3. The van der Waals surface area contributed by atoms with Crippen LogP contribution in [0.3, 0.4) is 0 Å². The van der Waals surface area contributed by atoms with Crippen LogP contribution < -0.4 is 5.32 Å². The van der Waals surface area contributed by atoms with E-state index in [1.54, 1.807) is 0 Å². The van der Waals surface area contributed by atoms with Gasteiger partial charge < -0.3 is 5.32 Å². The van der Waals surface area contributed by atoms with Crippen molar-refractivity contribution in [3.05, 3.63) is 0 Å². The molecule has 18 heavy (non-hydrogen) atoms. The number of hydroxylamine groups is 2. The minimum atomic E-state index is 0.0989. The highest BCUT2D eigenvalue weighted by Gasteiger charge is 2.46. The van der Waals surface area contributed by atoms with Gasteiger partial charge in [-0.1, -0.05) is 13.3 Å². The smallest absolute Gasteiger partial charge is 0.0657 e. The van der Waals surface area contributed by atoms with E-state index in [1.165, 1.54) is 12.8 Å². The maximum Gasteiger partial charge on any atom is 0.0657 e. The zero-order valence-corrected chi connectivity index (χ0v) is 13.2. The van der Waals surface area contributed by atoms with E-state index >= 15 is 0 Å². The molecule has 1 fully saturated rings. The molecule has 0 aromatic rings. The second-order valence-corrected chi connectivity index (χ2v) is 6.75. The van der Waals surface area contributed by atoms with Gasteiger partial charge in [0.05, 0.1) is 6.61 Å². The van der Waals surface area contributed by atoms with Gasteiger partial charge in [0, 0.05) is 17.1 Å². The summed E-state index contributed by atoms with van der Waals surface area (Å²) in [7, 11) is 0. The van der Waals surface area contributed by atoms with E-state index in [-0.39, 0.29) is 11.1 Å². The summed E-state index contributed by atoms with van der Waals surface area (Å²) >= 11 is 0. The Kier molecular flexibility index (Phi) is 5.63. The molecule has 1 heterocycles. The lowest BCUT2D eigenvalue weighted by atomic mass is 9.79. The Balaban J connectivity index is 2.65. The van der Waals surface area contributed by atoms with E-state index in [0.717, 1.165) is 26.0 Å². The van der Waals surface area contributed by atoms with E-state index < -0.39 is 0 Å². The Morgan fingerprint density at radius 2 is 1.67 bits per heavy atom. The van der Waals surface area contributed by atoms with Crippen molar-refractivity contribution in [3.63, 3.8) is 0 Å². The molecule has 0 aliphatic carbocycles. The summed E-state index contributed by atoms with van der Waals surface area (Å²) in [5.74, 6) is 0. The van der Waals surface area contributed by atoms with Gasteiger partial charge in [0.25, 0.3) is 0 Å². The molecular weight excluding hydrogens is 224 g/mol. The molecule has 1 saturated heterocycles. The number of rotatable bonds is 6. The molecule has 108 valence electrons. The minimum Gasteiger partial charge on any atom is -0.314 e. The zero-order chi connectivity index (χ0) is 13.8. The predicted molar refractivity (Wildman–Crippen MR) is 77.6 cm³/mol. The largest absolute Gasteiger partial charge is 0.314 e. The van der Waals surface area contributed by atoms with E-state index in [2.05, 4.69) is 51.9 Å². The van der Waals surface area contributed by atoms with Crippen molar-refractivity contribution in [3.8, 4) is 0 Å². The molecule has 0 atom stereocenters. The average molecular weight is 256 g/mol. The molecule has 1 aliphatic rings. The second kappa shape index (κ2) is 6.36. The van der Waals surface area contributed by atoms with Crippen LogP contribution in [-0.2, 0) is 4.84 Å². The summed E-state index contributed by atoms with van der Waals surface area (Å²) in [5.41, 5.74) is 0.198. The van der Waals surface area contributed by atoms with Crippen molar-refractivity contribution in [2.45, 2.75) is 84.3 Å². The molecule has 0 aromatic heterocycles. The predicted octanol–water partition coefficient (Wildman–Crippen LogP) is 3.35. The van der Waals surface area contributed by atoms with Crippen LogP contribution in [0.15, 0.2) is 0 Å². The van der Waals surface area contributed by atoms with Crippen LogP contribution in [0.5, 0.6) is 0 Å². The summed E-state index contributed by atoms with van der Waals surface area (Å²) < 4.78 is 0. The maximum atomic E-state index is 5.89. The van der Waals surface area contributed by atoms with E-state index in [1.807, 2.05) is 0 Å². The Morgan fingerprint density at radius 3 is 2.11 bits per heavy atom. The number of unbranched alkanes of at least 4 members (excludes halogenated alkanes) is 1. The first kappa shape index (κ1) is 15.9. The first-order valence-corrected chi connectivity index (χ1v) is 7.50. The van der Waals surface area contributed by atoms with Crippen LogP contribution in [0.2, 0.25) is 0 Å². The van der Waals surface area contributed by atoms with E-state index in [0.29, 0.717) is 6.04 Å². The third-order valence-corrected chi connectivity index (χ3v) is 3.81. The van der Waals surface area contributed by atoms with Crippen molar-refractivity contribution in [1.29, 1.82) is 0 Å². The standard InChI is InChI=1S/C15H32N2O/c1-7-9-10-16-13-11-14(3,4)17(18-8-2)15(5,6)12-13/h13,16H,7-12H2,1-6H3. The van der Waals surface area contributed by atoms with Crippen LogP contribution in [0.25, 0.3) is 0 Å². The molecule has 0 amide bonds. The molecule has 0 aromatic carbocycles. The molecule has 0 unspecified atom stereocenters. The van der Waals surface area contributed by atoms with Crippen LogP contribution in [0.4, 0.5) is 0 Å². The van der Waals surface area contributed by atoms with Crippen molar-refractivity contribution in [1.82, 2.24) is 10.4 Å². The van der Waals surface area contributed by atoms with Gasteiger partial charge in [-0.3, -0.25) is 4.84 Å². The van der Waals surface area contributed by atoms with Crippen molar-refractivity contribution in [2.24, 2.45) is 0 Å². The van der Waals surface area contributed by atoms with E-state index in [9.17, 15) is 0 Å². The number of hydrogen-bond donors (Lipinski definition) is 1. The van der Waals surface area contributed by atoms with Crippen LogP contribution in [-0.4, -0.2) is 35.3 Å². The lowest BCUT2D eigenvalue weighted by molar-refractivity contribution is -0.281. The average Bonchev–Trinajstić information content (AvgIpc) is 2.23. The van der Waals surface area contributed by atoms with Crippen molar-refractivity contribution < 1.29 is 4.84 Å². The van der Waals surface area contributed by atoms with Gasteiger partial charge in [0.2, 0.25) is 0 Å². The zero-order valence-electron chi connectivity index (χ0n) is 13.2. The Morgan fingerprint density at radius 1 is 1.11 bits per heavy atom. The van der Waals surface area contributed by atoms with Crippen LogP contribution >= 0.6 is 0 Å². The second-order valence-electron chi connectivity index (χ2n) is 6.75. The monoisotopic (exact) mass is 256 g/mol. The summed E-state index contributed by atoms with van der Waals surface area (Å²) in [6.45, 7) is 15.4. The number of hydrogen-bond acceptors (Lipinski definition) is 3. The van der Waals surface area contributed by atoms with Gasteiger partial charge >= 0.3 is 0 Å². The van der Waals surface area contributed by atoms with Gasteiger partial charge in [-0.2, -0.15) is 5.06 Å². The number of piperidine rings is 1. The fourth-order valence-electron chi connectivity index (χ4n) is 3.37. The van der Waals surface area contributed by atoms with Gasteiger partial charge in [-0.25, -0.2) is 0 Å². The molecule has 0 bridgehead atoms. The number of nitrogens with zero attached hydrogens (tertiary/aromatic N) is 1. The van der Waals surface area contributed by atoms with Gasteiger partial charge in [0.1, 0.15) is 0 Å². The summed E-state index contributed by atoms with van der Waals surface area (Å²) in [4.78, 5) is 5.89. The molecule has 0 spiro atoms. The van der Waals surface area contributed by atoms with Gasteiger partial charge in [-0.15, -0.1) is 0 Å². The molecule has 1 N–H and O–H groups in total. The highest BCUT2D eigenvalue weighted by atomic mass is 16.7. The molecule has 0 radical (unpaired) electrons. The fourth-order valence-corrected chi connectivity index (χ4v) is 3.37. The van der Waals surface area contributed by atoms with Crippen LogP contribution in [0.1, 0.15) is 67.2 Å². The summed E-state index contributed by atoms with van der Waals surface area (Å²) in [6, 6.07) is 0.609. The highest BCUT2D eigenvalue weighted by molar-refractivity contribution is 4.99. The first-order chi connectivity index (χ1) is 8.33. The Bertz CT molecular complexity index is 233. The topological polar surface area (TPSA) is 24.5 Å². The molecule has 1 rings (SSSR count). The summed E-state index contributed by atoms with van der Waals surface area (Å²) in [5, 5.41) is 5.93. The quantitative estimate of drug-likeness (QED) is 0.738. The third kappa shape index (κ3) is 3.94. The SMILES string of the molecule is CCCCNC1CC(C)(C)N(OCC)C(C)(C)C1. The molecule has 0 saturated carbocycles. The fraction of sp³-hybridized carbons (Fsp3) is 1.00. The maximum absolute atomic E-state index is 5.89. The van der Waals surface area contributed by atoms with E-state index in [4.69, 9.17) is 4.84 Å². The summed E-state index contributed by atoms with van der Waals surface area (Å²) in [6.07, 6.45) is 4.84. The molecular formula is C15H32N2O. The van der Waals surface area contributed by atoms with Gasteiger partial charge in [0.15, 0.2) is 0 Å². The van der Waals surface area contributed by atoms with Gasteiger partial charge in [-0.05, 0) is 60.4 Å². The molecule has 3 nitrogen and oxygen atoms in total. The lowest BCUT2D eigenvalue weighted by Crippen LogP contribution is -2.63. The van der Waals surface area contributed by atoms with Crippen molar-refractivity contribution in [2.75, 3.05) is 13.2 Å². The number of nitrogens with one attached hydrogen (secondary N) is 1. The highest BCUT2D eigenvalue weighted by Crippen LogP contribution is 2.38.